The van der Waals surface area contributed by atoms with E-state index >= 15 is 0 Å². The quantitative estimate of drug-likeness (QED) is 0.0222. The summed E-state index contributed by atoms with van der Waals surface area (Å²) in [5.41, 5.74) is 0. The van der Waals surface area contributed by atoms with Crippen LogP contribution in [-0.4, -0.2) is 96.7 Å². The lowest BCUT2D eigenvalue weighted by Gasteiger charge is -2.21. The van der Waals surface area contributed by atoms with E-state index in [2.05, 4.69) is 34.6 Å². The van der Waals surface area contributed by atoms with Gasteiger partial charge in [-0.15, -0.1) is 0 Å². The number of carbonyl (C=O) groups is 4. The van der Waals surface area contributed by atoms with Gasteiger partial charge >= 0.3 is 39.5 Å². The van der Waals surface area contributed by atoms with Gasteiger partial charge < -0.3 is 33.8 Å². The van der Waals surface area contributed by atoms with E-state index in [1.165, 1.54) is 128 Å². The molecule has 3 N–H and O–H groups in total. The van der Waals surface area contributed by atoms with E-state index in [4.69, 9.17) is 37.0 Å². The number of phosphoric acid groups is 2. The number of hydrogen-bond donors (Lipinski definition) is 3. The number of rotatable bonds is 63. The first-order valence-corrected chi connectivity index (χ1v) is 36.2. The molecule has 0 saturated heterocycles. The minimum atomic E-state index is -4.94. The van der Waals surface area contributed by atoms with Crippen molar-refractivity contribution in [2.75, 3.05) is 39.6 Å². The smallest absolute Gasteiger partial charge is 0.462 e. The molecule has 82 heavy (non-hydrogen) atoms. The van der Waals surface area contributed by atoms with Crippen molar-refractivity contribution in [1.29, 1.82) is 0 Å². The Labute approximate surface area is 498 Å². The molecule has 3 unspecified atom stereocenters. The highest BCUT2D eigenvalue weighted by Gasteiger charge is 2.30. The highest BCUT2D eigenvalue weighted by Crippen LogP contribution is 2.45. The van der Waals surface area contributed by atoms with Crippen LogP contribution in [0.25, 0.3) is 0 Å². The molecule has 0 bridgehead atoms. The summed E-state index contributed by atoms with van der Waals surface area (Å²) in [5, 5.41) is 10.5. The molecule has 0 aliphatic rings. The van der Waals surface area contributed by atoms with Crippen molar-refractivity contribution in [2.24, 2.45) is 5.92 Å². The molecular formula is C63H122O17P2. The monoisotopic (exact) mass is 1210 g/mol. The van der Waals surface area contributed by atoms with Crippen LogP contribution >= 0.6 is 15.6 Å². The molecule has 0 spiro atoms. The van der Waals surface area contributed by atoms with Crippen molar-refractivity contribution in [2.45, 2.75) is 335 Å². The Kier molecular flexibility index (Phi) is 55.5. The van der Waals surface area contributed by atoms with Gasteiger partial charge in [0.25, 0.3) is 0 Å². The summed E-state index contributed by atoms with van der Waals surface area (Å²) >= 11 is 0. The summed E-state index contributed by atoms with van der Waals surface area (Å²) in [7, 11) is -9.88. The number of carbonyl (C=O) groups excluding carboxylic acids is 4. The summed E-state index contributed by atoms with van der Waals surface area (Å²) in [4.78, 5) is 72.1. The van der Waals surface area contributed by atoms with Gasteiger partial charge in [0.1, 0.15) is 19.3 Å². The van der Waals surface area contributed by atoms with Crippen molar-refractivity contribution >= 4 is 39.5 Å². The van der Waals surface area contributed by atoms with Crippen LogP contribution in [0.15, 0.2) is 0 Å². The largest absolute Gasteiger partial charge is 0.472 e. The lowest BCUT2D eigenvalue weighted by molar-refractivity contribution is -0.161. The summed E-state index contributed by atoms with van der Waals surface area (Å²) in [6.07, 6.45) is 40.4. The summed E-state index contributed by atoms with van der Waals surface area (Å²) in [5.74, 6) is -1.42. The molecule has 486 valence electrons. The fraction of sp³-hybridized carbons (Fsp3) is 0.937. The second kappa shape index (κ2) is 56.8. The maximum absolute atomic E-state index is 13.0. The first-order valence-electron chi connectivity index (χ1n) is 33.2. The fourth-order valence-corrected chi connectivity index (χ4v) is 11.0. The summed E-state index contributed by atoms with van der Waals surface area (Å²) < 4.78 is 67.9. The zero-order valence-corrected chi connectivity index (χ0v) is 54.4. The van der Waals surface area contributed by atoms with Gasteiger partial charge in [-0.25, -0.2) is 9.13 Å². The average molecular weight is 1210 g/mol. The van der Waals surface area contributed by atoms with Crippen LogP contribution in [-0.2, 0) is 65.4 Å². The second-order valence-electron chi connectivity index (χ2n) is 23.0. The molecule has 6 atom stereocenters. The Morgan fingerprint density at radius 3 is 0.866 bits per heavy atom. The number of phosphoric ester groups is 2. The third-order valence-electron chi connectivity index (χ3n) is 14.9. The Balaban J connectivity index is 5.22. The minimum Gasteiger partial charge on any atom is -0.462 e. The van der Waals surface area contributed by atoms with Crippen LogP contribution < -0.4 is 0 Å². The zero-order valence-electron chi connectivity index (χ0n) is 52.6. The number of aliphatic hydroxyl groups excluding tert-OH is 1. The minimum absolute atomic E-state index is 0.103. The van der Waals surface area contributed by atoms with Crippen molar-refractivity contribution in [1.82, 2.24) is 0 Å². The molecule has 0 amide bonds. The van der Waals surface area contributed by atoms with Gasteiger partial charge in [-0.3, -0.25) is 37.3 Å². The topological polar surface area (TPSA) is 237 Å². The van der Waals surface area contributed by atoms with E-state index in [0.29, 0.717) is 25.7 Å². The van der Waals surface area contributed by atoms with E-state index < -0.39 is 97.5 Å². The van der Waals surface area contributed by atoms with Crippen LogP contribution in [0.4, 0.5) is 0 Å². The Bertz CT molecular complexity index is 1600. The average Bonchev–Trinajstić information content (AvgIpc) is 3.47. The Morgan fingerprint density at radius 1 is 0.341 bits per heavy atom. The molecule has 0 saturated carbocycles. The number of hydrogen-bond acceptors (Lipinski definition) is 15. The van der Waals surface area contributed by atoms with Crippen LogP contribution in [0, 0.1) is 5.92 Å². The number of esters is 4. The SMILES string of the molecule is CCCCCCCCCCCCCCCC(=O)O[C@H](COC(=O)CCCCCCCCCCCCCC)COP(=O)(O)OC[C@@H](O)COP(=O)(O)OC[C@@H](COC(=O)CCCCCCCCC)OC(=O)CCCCCCCCC(C)CC. The fourth-order valence-electron chi connectivity index (χ4n) is 9.37. The lowest BCUT2D eigenvalue weighted by atomic mass is 10.00. The number of unbranched alkanes of at least 4 members (excludes halogenated alkanes) is 34. The standard InChI is InChI=1S/C63H122O17P2/c1-6-10-13-16-19-21-23-25-27-29-32-38-43-48-62(67)79-58(53-74-61(66)47-42-37-31-28-26-24-22-20-17-14-11-7-2)54-77-81(69,70)75-50-57(64)51-76-82(71,72)78-55-59(52-73-60(65)46-41-36-30-18-15-12-8-3)80-63(68)49-44-39-34-33-35-40-45-56(5)9-4/h56-59,64H,6-55H2,1-5H3,(H,69,70)(H,71,72)/t56?,57-,58-,59-/m1/s1. The van der Waals surface area contributed by atoms with Crippen LogP contribution in [0.1, 0.15) is 317 Å². The Morgan fingerprint density at radius 2 is 0.585 bits per heavy atom. The van der Waals surface area contributed by atoms with Gasteiger partial charge in [-0.1, -0.05) is 266 Å². The molecule has 19 heteroatoms. The van der Waals surface area contributed by atoms with E-state index in [1.807, 2.05) is 0 Å². The molecule has 0 radical (unpaired) electrons. The molecular weight excluding hydrogens is 1090 g/mol. The first kappa shape index (κ1) is 80.1. The Hall–Kier alpha value is -1.94. The molecule has 17 nitrogen and oxygen atoms in total. The third kappa shape index (κ3) is 55.9. The van der Waals surface area contributed by atoms with Gasteiger partial charge in [0.15, 0.2) is 12.2 Å². The molecule has 0 aromatic carbocycles. The van der Waals surface area contributed by atoms with Gasteiger partial charge in [-0.05, 0) is 31.6 Å². The van der Waals surface area contributed by atoms with E-state index in [1.54, 1.807) is 0 Å². The van der Waals surface area contributed by atoms with Gasteiger partial charge in [0.05, 0.1) is 26.4 Å². The predicted octanol–water partition coefficient (Wildman–Crippen LogP) is 17.4. The van der Waals surface area contributed by atoms with Gasteiger partial charge in [0.2, 0.25) is 0 Å². The molecule has 0 aliphatic carbocycles. The van der Waals surface area contributed by atoms with Gasteiger partial charge in [-0.2, -0.15) is 0 Å². The highest BCUT2D eigenvalue weighted by molar-refractivity contribution is 7.47. The van der Waals surface area contributed by atoms with Crippen molar-refractivity contribution in [3.8, 4) is 0 Å². The number of aliphatic hydroxyl groups is 1. The molecule has 0 rings (SSSR count). The molecule has 0 aromatic rings. The second-order valence-corrected chi connectivity index (χ2v) is 25.9. The van der Waals surface area contributed by atoms with Crippen LogP contribution in [0.2, 0.25) is 0 Å². The van der Waals surface area contributed by atoms with Crippen molar-refractivity contribution in [3.63, 3.8) is 0 Å². The molecule has 0 aliphatic heterocycles. The van der Waals surface area contributed by atoms with Crippen LogP contribution in [0.5, 0.6) is 0 Å². The lowest BCUT2D eigenvalue weighted by Crippen LogP contribution is -2.30. The van der Waals surface area contributed by atoms with E-state index in [9.17, 15) is 43.2 Å². The zero-order chi connectivity index (χ0) is 60.6. The predicted molar refractivity (Wildman–Crippen MR) is 326 cm³/mol. The third-order valence-corrected chi connectivity index (χ3v) is 16.8. The summed E-state index contributed by atoms with van der Waals surface area (Å²) in [6, 6.07) is 0. The van der Waals surface area contributed by atoms with E-state index in [-0.39, 0.29) is 25.7 Å². The van der Waals surface area contributed by atoms with Crippen molar-refractivity contribution < 1.29 is 80.2 Å². The summed E-state index contributed by atoms with van der Waals surface area (Å²) in [6.45, 7) is 7.10. The van der Waals surface area contributed by atoms with Crippen LogP contribution in [0.3, 0.4) is 0 Å². The first-order chi connectivity index (χ1) is 39.6. The maximum atomic E-state index is 13.0. The normalized spacial score (nSPS) is 14.6. The van der Waals surface area contributed by atoms with Gasteiger partial charge in [0, 0.05) is 25.7 Å². The number of ether oxygens (including phenoxy) is 4. The highest BCUT2D eigenvalue weighted by atomic mass is 31.2. The van der Waals surface area contributed by atoms with E-state index in [0.717, 1.165) is 109 Å². The molecule has 0 aromatic heterocycles. The molecule has 0 heterocycles. The van der Waals surface area contributed by atoms with Crippen molar-refractivity contribution in [3.05, 3.63) is 0 Å². The maximum Gasteiger partial charge on any atom is 0.472 e. The molecule has 0 fully saturated rings.